The van der Waals surface area contributed by atoms with Gasteiger partial charge in [-0.3, -0.25) is 0 Å². The Hall–Kier alpha value is -0.900. The average Bonchev–Trinajstić information content (AvgIpc) is 2.29. The number of benzene rings is 1. The van der Waals surface area contributed by atoms with Gasteiger partial charge in [0.15, 0.2) is 0 Å². The van der Waals surface area contributed by atoms with Crippen molar-refractivity contribution >= 4 is 0 Å². The average molecular weight is 223 g/mol. The summed E-state index contributed by atoms with van der Waals surface area (Å²) in [5.41, 5.74) is 3.76. The fraction of sp³-hybridized carbons (Fsp3) is 0.538. The lowest BCUT2D eigenvalue weighted by Crippen LogP contribution is -2.31. The summed E-state index contributed by atoms with van der Waals surface area (Å²) in [5.74, 6) is 0. The highest BCUT2D eigenvalue weighted by Crippen LogP contribution is 2.16. The molecular weight excluding hydrogens is 202 g/mol. The van der Waals surface area contributed by atoms with Crippen LogP contribution in [0.3, 0.4) is 0 Å². The number of hydrogen-bond donors (Lipinski definition) is 3. The van der Waals surface area contributed by atoms with Gasteiger partial charge in [0.25, 0.3) is 0 Å². The lowest BCUT2D eigenvalue weighted by atomic mass is 10.0. The van der Waals surface area contributed by atoms with Gasteiger partial charge in [0.05, 0.1) is 12.7 Å². The first-order valence-electron chi connectivity index (χ1n) is 5.64. The fourth-order valence-electron chi connectivity index (χ4n) is 1.53. The molecule has 0 heterocycles. The molecule has 90 valence electrons. The predicted molar refractivity (Wildman–Crippen MR) is 65.4 cm³/mol. The van der Waals surface area contributed by atoms with Crippen molar-refractivity contribution in [3.8, 4) is 0 Å². The highest BCUT2D eigenvalue weighted by molar-refractivity contribution is 5.31. The monoisotopic (exact) mass is 223 g/mol. The zero-order chi connectivity index (χ0) is 12.1. The van der Waals surface area contributed by atoms with Gasteiger partial charge in [-0.1, -0.05) is 18.2 Å². The number of aryl methyl sites for hydroxylation is 2. The Kier molecular flexibility index (Phi) is 4.93. The van der Waals surface area contributed by atoms with Gasteiger partial charge in [-0.2, -0.15) is 0 Å². The third-order valence-electron chi connectivity index (χ3n) is 2.90. The van der Waals surface area contributed by atoms with Crippen molar-refractivity contribution in [2.24, 2.45) is 0 Å². The molecule has 0 spiro atoms. The van der Waals surface area contributed by atoms with Gasteiger partial charge < -0.3 is 15.5 Å². The molecule has 3 N–H and O–H groups in total. The van der Waals surface area contributed by atoms with Crippen molar-refractivity contribution in [3.63, 3.8) is 0 Å². The van der Waals surface area contributed by atoms with E-state index in [0.717, 1.165) is 0 Å². The number of hydrogen-bond acceptors (Lipinski definition) is 3. The van der Waals surface area contributed by atoms with Gasteiger partial charge in [0.1, 0.15) is 0 Å². The zero-order valence-corrected chi connectivity index (χ0v) is 10.2. The standard InChI is InChI=1S/C13H21NO2/c1-9-4-5-12(6-10(9)2)11(3)14-7-13(16)8-15/h4-6,11,13-16H,7-8H2,1-3H3. The van der Waals surface area contributed by atoms with Crippen molar-refractivity contribution in [2.45, 2.75) is 32.9 Å². The quantitative estimate of drug-likeness (QED) is 0.705. The molecule has 16 heavy (non-hydrogen) atoms. The molecule has 0 radical (unpaired) electrons. The molecule has 0 aromatic heterocycles. The number of aliphatic hydroxyl groups excluding tert-OH is 2. The van der Waals surface area contributed by atoms with Crippen molar-refractivity contribution in [1.29, 1.82) is 0 Å². The van der Waals surface area contributed by atoms with Crippen LogP contribution in [0.5, 0.6) is 0 Å². The Balaban J connectivity index is 2.59. The summed E-state index contributed by atoms with van der Waals surface area (Å²) in [6.45, 7) is 6.44. The predicted octanol–water partition coefficient (Wildman–Crippen LogP) is 1.31. The minimum Gasteiger partial charge on any atom is -0.394 e. The van der Waals surface area contributed by atoms with E-state index in [9.17, 15) is 5.11 Å². The largest absolute Gasteiger partial charge is 0.394 e. The van der Waals surface area contributed by atoms with E-state index in [-0.39, 0.29) is 12.6 Å². The minimum absolute atomic E-state index is 0.181. The molecule has 2 unspecified atom stereocenters. The Morgan fingerprint density at radius 1 is 1.25 bits per heavy atom. The highest BCUT2D eigenvalue weighted by Gasteiger charge is 2.08. The maximum Gasteiger partial charge on any atom is 0.0895 e. The highest BCUT2D eigenvalue weighted by atomic mass is 16.3. The van der Waals surface area contributed by atoms with Crippen molar-refractivity contribution < 1.29 is 10.2 Å². The first kappa shape index (κ1) is 13.2. The van der Waals surface area contributed by atoms with Gasteiger partial charge in [0, 0.05) is 12.6 Å². The van der Waals surface area contributed by atoms with Gasteiger partial charge in [-0.15, -0.1) is 0 Å². The maximum absolute atomic E-state index is 9.24. The molecule has 0 amide bonds. The van der Waals surface area contributed by atoms with Crippen molar-refractivity contribution in [1.82, 2.24) is 5.32 Å². The Labute approximate surface area is 97.1 Å². The van der Waals surface area contributed by atoms with Crippen LogP contribution in [0.4, 0.5) is 0 Å². The molecular formula is C13H21NO2. The van der Waals surface area contributed by atoms with Crippen molar-refractivity contribution in [2.75, 3.05) is 13.2 Å². The summed E-state index contributed by atoms with van der Waals surface area (Å²) in [6, 6.07) is 6.52. The van der Waals surface area contributed by atoms with Crippen molar-refractivity contribution in [3.05, 3.63) is 34.9 Å². The van der Waals surface area contributed by atoms with Crippen LogP contribution in [0.2, 0.25) is 0 Å². The van der Waals surface area contributed by atoms with Gasteiger partial charge >= 0.3 is 0 Å². The van der Waals surface area contributed by atoms with Crippen LogP contribution in [-0.2, 0) is 0 Å². The number of rotatable bonds is 5. The second-order valence-electron chi connectivity index (χ2n) is 4.31. The van der Waals surface area contributed by atoms with E-state index in [2.05, 4.69) is 37.4 Å². The Morgan fingerprint density at radius 3 is 2.50 bits per heavy atom. The molecule has 1 aromatic rings. The summed E-state index contributed by atoms with van der Waals surface area (Å²) >= 11 is 0. The first-order chi connectivity index (χ1) is 7.54. The van der Waals surface area contributed by atoms with Crippen LogP contribution in [0.15, 0.2) is 18.2 Å². The summed E-state index contributed by atoms with van der Waals surface area (Å²) in [5, 5.41) is 21.1. The molecule has 1 rings (SSSR count). The summed E-state index contributed by atoms with van der Waals surface area (Å²) in [6.07, 6.45) is -0.686. The third-order valence-corrected chi connectivity index (χ3v) is 2.90. The Morgan fingerprint density at radius 2 is 1.94 bits per heavy atom. The van der Waals surface area contributed by atoms with Gasteiger partial charge in [-0.05, 0) is 37.5 Å². The SMILES string of the molecule is Cc1ccc(C(C)NCC(O)CO)cc1C. The molecule has 0 aliphatic heterocycles. The molecule has 0 aliphatic rings. The molecule has 3 heteroatoms. The van der Waals surface area contributed by atoms with Crippen LogP contribution >= 0.6 is 0 Å². The molecule has 0 aliphatic carbocycles. The molecule has 0 saturated carbocycles. The fourth-order valence-corrected chi connectivity index (χ4v) is 1.53. The zero-order valence-electron chi connectivity index (χ0n) is 10.2. The number of nitrogens with one attached hydrogen (secondary N) is 1. The second kappa shape index (κ2) is 5.99. The smallest absolute Gasteiger partial charge is 0.0895 e. The van der Waals surface area contributed by atoms with Crippen LogP contribution in [0, 0.1) is 13.8 Å². The van der Waals surface area contributed by atoms with Gasteiger partial charge in [-0.25, -0.2) is 0 Å². The molecule has 1 aromatic carbocycles. The third kappa shape index (κ3) is 3.59. The number of aliphatic hydroxyl groups is 2. The lowest BCUT2D eigenvalue weighted by molar-refractivity contribution is 0.0924. The van der Waals surface area contributed by atoms with E-state index in [0.29, 0.717) is 6.54 Å². The molecule has 0 saturated heterocycles. The van der Waals surface area contributed by atoms with E-state index in [1.54, 1.807) is 0 Å². The van der Waals surface area contributed by atoms with Crippen LogP contribution in [0.1, 0.15) is 29.7 Å². The van der Waals surface area contributed by atoms with E-state index in [1.807, 2.05) is 6.92 Å². The van der Waals surface area contributed by atoms with E-state index >= 15 is 0 Å². The van der Waals surface area contributed by atoms with Crippen LogP contribution in [-0.4, -0.2) is 29.5 Å². The summed E-state index contributed by atoms with van der Waals surface area (Å²) < 4.78 is 0. The topological polar surface area (TPSA) is 52.5 Å². The molecule has 3 nitrogen and oxygen atoms in total. The van der Waals surface area contributed by atoms with Crippen LogP contribution < -0.4 is 5.32 Å². The first-order valence-corrected chi connectivity index (χ1v) is 5.64. The lowest BCUT2D eigenvalue weighted by Gasteiger charge is -2.17. The van der Waals surface area contributed by atoms with Gasteiger partial charge in [0.2, 0.25) is 0 Å². The molecule has 0 bridgehead atoms. The minimum atomic E-state index is -0.686. The molecule has 0 fully saturated rings. The normalized spacial score (nSPS) is 14.8. The Bertz CT molecular complexity index is 339. The molecule has 2 atom stereocenters. The second-order valence-corrected chi connectivity index (χ2v) is 4.31. The summed E-state index contributed by atoms with van der Waals surface area (Å²) in [4.78, 5) is 0. The van der Waals surface area contributed by atoms with E-state index < -0.39 is 6.10 Å². The van der Waals surface area contributed by atoms with E-state index in [4.69, 9.17) is 5.11 Å². The van der Waals surface area contributed by atoms with Crippen LogP contribution in [0.25, 0.3) is 0 Å². The maximum atomic E-state index is 9.24. The van der Waals surface area contributed by atoms with E-state index in [1.165, 1.54) is 16.7 Å². The summed E-state index contributed by atoms with van der Waals surface area (Å²) in [7, 11) is 0.